The van der Waals surface area contributed by atoms with Gasteiger partial charge in [-0.25, -0.2) is 0 Å². The van der Waals surface area contributed by atoms with Gasteiger partial charge in [-0.15, -0.1) is 0 Å². The summed E-state index contributed by atoms with van der Waals surface area (Å²) in [4.78, 5) is 11.5. The SMILES string of the molecule is O=C(NCC(O)CO)c1ccc(CO)cc1. The fourth-order valence-electron chi connectivity index (χ4n) is 1.14. The molecular weight excluding hydrogens is 210 g/mol. The third-order valence-corrected chi connectivity index (χ3v) is 2.11. The molecule has 0 aliphatic rings. The molecule has 1 aromatic rings. The van der Waals surface area contributed by atoms with E-state index in [1.165, 1.54) is 0 Å². The van der Waals surface area contributed by atoms with Gasteiger partial charge in [-0.05, 0) is 17.7 Å². The number of aliphatic hydroxyl groups excluding tert-OH is 3. The highest BCUT2D eigenvalue weighted by molar-refractivity contribution is 5.94. The molecule has 88 valence electrons. The monoisotopic (exact) mass is 225 g/mol. The molecule has 0 spiro atoms. The number of aliphatic hydroxyl groups is 3. The smallest absolute Gasteiger partial charge is 0.251 e. The van der Waals surface area contributed by atoms with E-state index >= 15 is 0 Å². The van der Waals surface area contributed by atoms with Crippen LogP contribution < -0.4 is 5.32 Å². The predicted octanol–water partition coefficient (Wildman–Crippen LogP) is -0.738. The zero-order valence-electron chi connectivity index (χ0n) is 8.76. The van der Waals surface area contributed by atoms with E-state index in [2.05, 4.69) is 5.32 Å². The molecular formula is C11H15NO4. The summed E-state index contributed by atoms with van der Waals surface area (Å²) in [7, 11) is 0. The molecule has 1 unspecified atom stereocenters. The molecule has 0 fully saturated rings. The third kappa shape index (κ3) is 3.62. The van der Waals surface area contributed by atoms with Gasteiger partial charge in [0.2, 0.25) is 0 Å². The molecule has 1 aromatic carbocycles. The van der Waals surface area contributed by atoms with Crippen molar-refractivity contribution in [3.8, 4) is 0 Å². The van der Waals surface area contributed by atoms with Gasteiger partial charge in [-0.3, -0.25) is 4.79 Å². The van der Waals surface area contributed by atoms with Gasteiger partial charge in [0.05, 0.1) is 19.3 Å². The second-order valence-electron chi connectivity index (χ2n) is 3.40. The molecule has 16 heavy (non-hydrogen) atoms. The van der Waals surface area contributed by atoms with Crippen molar-refractivity contribution in [2.45, 2.75) is 12.7 Å². The standard InChI is InChI=1S/C11H15NO4/c13-6-8-1-3-9(4-2-8)11(16)12-5-10(15)7-14/h1-4,10,13-15H,5-7H2,(H,12,16). The van der Waals surface area contributed by atoms with Crippen molar-refractivity contribution in [3.63, 3.8) is 0 Å². The molecule has 5 nitrogen and oxygen atoms in total. The zero-order chi connectivity index (χ0) is 12.0. The zero-order valence-corrected chi connectivity index (χ0v) is 8.76. The number of hydrogen-bond donors (Lipinski definition) is 4. The number of carbonyl (C=O) groups is 1. The fraction of sp³-hybridized carbons (Fsp3) is 0.364. The lowest BCUT2D eigenvalue weighted by atomic mass is 10.1. The summed E-state index contributed by atoms with van der Waals surface area (Å²) in [5.41, 5.74) is 1.18. The van der Waals surface area contributed by atoms with Crippen molar-refractivity contribution in [3.05, 3.63) is 35.4 Å². The second kappa shape index (κ2) is 6.22. The van der Waals surface area contributed by atoms with Crippen LogP contribution >= 0.6 is 0 Å². The first-order chi connectivity index (χ1) is 7.67. The first-order valence-corrected chi connectivity index (χ1v) is 4.94. The summed E-state index contributed by atoms with van der Waals surface area (Å²) in [6.45, 7) is -0.439. The minimum Gasteiger partial charge on any atom is -0.394 e. The van der Waals surface area contributed by atoms with Crippen LogP contribution in [0.1, 0.15) is 15.9 Å². The van der Waals surface area contributed by atoms with Gasteiger partial charge in [0.15, 0.2) is 0 Å². The quantitative estimate of drug-likeness (QED) is 0.531. The Kier molecular flexibility index (Phi) is 4.91. The Morgan fingerprint density at radius 3 is 2.38 bits per heavy atom. The van der Waals surface area contributed by atoms with Crippen molar-refractivity contribution in [2.24, 2.45) is 0 Å². The van der Waals surface area contributed by atoms with Gasteiger partial charge >= 0.3 is 0 Å². The maximum absolute atomic E-state index is 11.5. The van der Waals surface area contributed by atoms with Crippen LogP contribution in [0.2, 0.25) is 0 Å². The summed E-state index contributed by atoms with van der Waals surface area (Å²) < 4.78 is 0. The van der Waals surface area contributed by atoms with Crippen LogP contribution in [-0.4, -0.2) is 40.5 Å². The largest absolute Gasteiger partial charge is 0.394 e. The summed E-state index contributed by atoms with van der Waals surface area (Å²) >= 11 is 0. The Hall–Kier alpha value is -1.43. The van der Waals surface area contributed by atoms with Crippen LogP contribution in [0, 0.1) is 0 Å². The molecule has 0 heterocycles. The van der Waals surface area contributed by atoms with Crippen LogP contribution in [-0.2, 0) is 6.61 Å². The molecule has 1 rings (SSSR count). The van der Waals surface area contributed by atoms with Gasteiger partial charge in [-0.2, -0.15) is 0 Å². The van der Waals surface area contributed by atoms with Gasteiger partial charge in [0.25, 0.3) is 5.91 Å². The van der Waals surface area contributed by atoms with E-state index in [9.17, 15) is 4.79 Å². The summed E-state index contributed by atoms with van der Waals surface area (Å²) in [6, 6.07) is 6.48. The van der Waals surface area contributed by atoms with Crippen molar-refractivity contribution in [2.75, 3.05) is 13.2 Å². The molecule has 5 heteroatoms. The van der Waals surface area contributed by atoms with Crippen LogP contribution in [0.4, 0.5) is 0 Å². The normalized spacial score (nSPS) is 12.2. The van der Waals surface area contributed by atoms with Crippen LogP contribution in [0.15, 0.2) is 24.3 Å². The van der Waals surface area contributed by atoms with E-state index in [1.807, 2.05) is 0 Å². The van der Waals surface area contributed by atoms with Crippen molar-refractivity contribution < 1.29 is 20.1 Å². The average Bonchev–Trinajstić information content (AvgIpc) is 2.35. The summed E-state index contributed by atoms with van der Waals surface area (Å²) in [5, 5.41) is 28.9. The minimum absolute atomic E-state index is 0.0110. The molecule has 0 saturated heterocycles. The molecule has 1 amide bonds. The van der Waals surface area contributed by atoms with E-state index in [0.717, 1.165) is 5.56 Å². The first kappa shape index (κ1) is 12.6. The summed E-state index contributed by atoms with van der Waals surface area (Å²) in [6.07, 6.45) is -0.944. The third-order valence-electron chi connectivity index (χ3n) is 2.11. The topological polar surface area (TPSA) is 89.8 Å². The van der Waals surface area contributed by atoms with Crippen molar-refractivity contribution in [1.29, 1.82) is 0 Å². The van der Waals surface area contributed by atoms with Gasteiger partial charge in [0, 0.05) is 12.1 Å². The van der Waals surface area contributed by atoms with Crippen molar-refractivity contribution >= 4 is 5.91 Å². The maximum Gasteiger partial charge on any atom is 0.251 e. The lowest BCUT2D eigenvalue weighted by molar-refractivity contribution is 0.0802. The Labute approximate surface area is 93.4 Å². The minimum atomic E-state index is -0.944. The molecule has 0 aliphatic heterocycles. The van der Waals surface area contributed by atoms with Crippen LogP contribution in [0.5, 0.6) is 0 Å². The maximum atomic E-state index is 11.5. The lowest BCUT2D eigenvalue weighted by Crippen LogP contribution is -2.33. The van der Waals surface area contributed by atoms with E-state index in [1.54, 1.807) is 24.3 Å². The Balaban J connectivity index is 2.52. The van der Waals surface area contributed by atoms with Crippen molar-refractivity contribution in [1.82, 2.24) is 5.32 Å². The van der Waals surface area contributed by atoms with Gasteiger partial charge in [-0.1, -0.05) is 12.1 Å². The number of benzene rings is 1. The fourth-order valence-corrected chi connectivity index (χ4v) is 1.14. The molecule has 4 N–H and O–H groups in total. The summed E-state index contributed by atoms with van der Waals surface area (Å²) in [5.74, 6) is -0.322. The Bertz CT molecular complexity index is 336. The van der Waals surface area contributed by atoms with E-state index < -0.39 is 6.10 Å². The predicted molar refractivity (Wildman–Crippen MR) is 57.8 cm³/mol. The lowest BCUT2D eigenvalue weighted by Gasteiger charge is -2.09. The van der Waals surface area contributed by atoms with Crippen LogP contribution in [0.3, 0.4) is 0 Å². The number of amides is 1. The number of nitrogens with one attached hydrogen (secondary N) is 1. The molecule has 0 saturated carbocycles. The van der Waals surface area contributed by atoms with E-state index in [4.69, 9.17) is 15.3 Å². The molecule has 0 aliphatic carbocycles. The molecule has 1 atom stereocenters. The number of carbonyl (C=O) groups excluding carboxylic acids is 1. The first-order valence-electron chi connectivity index (χ1n) is 4.94. The number of rotatable bonds is 5. The highest BCUT2D eigenvalue weighted by Gasteiger charge is 2.07. The average molecular weight is 225 g/mol. The van der Waals surface area contributed by atoms with Crippen LogP contribution in [0.25, 0.3) is 0 Å². The Morgan fingerprint density at radius 2 is 1.88 bits per heavy atom. The highest BCUT2D eigenvalue weighted by Crippen LogP contribution is 2.04. The van der Waals surface area contributed by atoms with Gasteiger partial charge in [0.1, 0.15) is 0 Å². The number of hydrogen-bond acceptors (Lipinski definition) is 4. The molecule has 0 bridgehead atoms. The molecule has 0 radical (unpaired) electrons. The Morgan fingerprint density at radius 1 is 1.25 bits per heavy atom. The van der Waals surface area contributed by atoms with Gasteiger partial charge < -0.3 is 20.6 Å². The molecule has 0 aromatic heterocycles. The van der Waals surface area contributed by atoms with E-state index in [-0.39, 0.29) is 25.7 Å². The second-order valence-corrected chi connectivity index (χ2v) is 3.40. The highest BCUT2D eigenvalue weighted by atomic mass is 16.3. The van der Waals surface area contributed by atoms with E-state index in [0.29, 0.717) is 5.56 Å².